The minimum absolute atomic E-state index is 0.1000. The number of furan rings is 1. The van der Waals surface area contributed by atoms with Gasteiger partial charge < -0.3 is 9.73 Å². The van der Waals surface area contributed by atoms with Crippen molar-refractivity contribution in [3.05, 3.63) is 52.3 Å². The van der Waals surface area contributed by atoms with Crippen LogP contribution in [0.25, 0.3) is 12.2 Å². The first-order valence-corrected chi connectivity index (χ1v) is 6.90. The summed E-state index contributed by atoms with van der Waals surface area (Å²) in [6.07, 6.45) is 3.82. The molecule has 0 atom stereocenters. The van der Waals surface area contributed by atoms with Gasteiger partial charge in [0, 0.05) is 10.8 Å². The highest BCUT2D eigenvalue weighted by Gasteiger charge is 2.23. The van der Waals surface area contributed by atoms with E-state index in [9.17, 15) is 4.79 Å². The van der Waals surface area contributed by atoms with Crippen molar-refractivity contribution in [3.8, 4) is 0 Å². The number of carbonyl (C=O) groups is 1. The van der Waals surface area contributed by atoms with E-state index < -0.39 is 0 Å². The molecule has 21 heavy (non-hydrogen) atoms. The molecule has 2 aromatic rings. The van der Waals surface area contributed by atoms with Gasteiger partial charge in [-0.1, -0.05) is 36.4 Å². The fourth-order valence-corrected chi connectivity index (χ4v) is 2.47. The van der Waals surface area contributed by atoms with E-state index in [4.69, 9.17) is 4.42 Å². The molecular formula is C17H16N2O2. The third kappa shape index (κ3) is 2.29. The first-order valence-electron chi connectivity index (χ1n) is 6.90. The summed E-state index contributed by atoms with van der Waals surface area (Å²) in [5, 5.41) is 3.79. The van der Waals surface area contributed by atoms with Crippen molar-refractivity contribution in [1.82, 2.24) is 0 Å². The number of hydrogen-bond donors (Lipinski definition) is 1. The van der Waals surface area contributed by atoms with Gasteiger partial charge in [0.25, 0.3) is 0 Å². The van der Waals surface area contributed by atoms with Crippen LogP contribution in [-0.4, -0.2) is 18.2 Å². The average molecular weight is 280 g/mol. The Balaban J connectivity index is 2.31. The summed E-state index contributed by atoms with van der Waals surface area (Å²) in [5.41, 5.74) is 3.10. The van der Waals surface area contributed by atoms with Gasteiger partial charge >= 0.3 is 0 Å². The molecule has 0 radical (unpaired) electrons. The van der Waals surface area contributed by atoms with Crippen molar-refractivity contribution in [2.24, 2.45) is 4.99 Å². The number of fused-ring (bicyclic) bond motifs is 1. The lowest BCUT2D eigenvalue weighted by molar-refractivity contribution is -0.114. The second-order valence-corrected chi connectivity index (χ2v) is 4.74. The zero-order valence-corrected chi connectivity index (χ0v) is 12.0. The maximum atomic E-state index is 11.9. The summed E-state index contributed by atoms with van der Waals surface area (Å²) in [5.74, 6) is 0.488. The first kappa shape index (κ1) is 13.4. The number of nitrogens with zero attached hydrogens (tertiary/aromatic N) is 1. The number of nitrogens with one attached hydrogen (secondary N) is 1. The Labute approximate surface area is 122 Å². The molecule has 0 spiro atoms. The SMILES string of the molecule is C/C=c1/c2c(o/c1=C/C)C(c1ccccc1)=NCC(=O)N2. The molecule has 1 N–H and O–H groups in total. The van der Waals surface area contributed by atoms with Gasteiger partial charge in [-0.25, -0.2) is 0 Å². The smallest absolute Gasteiger partial charge is 0.246 e. The fraction of sp³-hybridized carbons (Fsp3) is 0.176. The van der Waals surface area contributed by atoms with Crippen LogP contribution in [0.4, 0.5) is 5.69 Å². The summed E-state index contributed by atoms with van der Waals surface area (Å²) < 4.78 is 5.94. The van der Waals surface area contributed by atoms with Crippen molar-refractivity contribution in [2.45, 2.75) is 13.8 Å². The second kappa shape index (κ2) is 5.40. The molecule has 1 aromatic carbocycles. The van der Waals surface area contributed by atoms with Gasteiger partial charge in [-0.15, -0.1) is 0 Å². The topological polar surface area (TPSA) is 54.6 Å². The van der Waals surface area contributed by atoms with Crippen LogP contribution in [0.3, 0.4) is 0 Å². The van der Waals surface area contributed by atoms with Crippen LogP contribution in [0, 0.1) is 0 Å². The van der Waals surface area contributed by atoms with Gasteiger partial charge in [-0.2, -0.15) is 0 Å². The molecule has 0 bridgehead atoms. The standard InChI is InChI=1S/C17H16N2O2/c1-3-12-13(4-2)21-17-15(11-8-6-5-7-9-11)18-10-14(20)19-16(12)17/h3-9H,10H2,1-2H3,(H,19,20)/b12-3+,13-4+. The van der Waals surface area contributed by atoms with Crippen molar-refractivity contribution < 1.29 is 9.21 Å². The number of aliphatic imine (C=N–C) groups is 1. The zero-order chi connectivity index (χ0) is 14.8. The number of rotatable bonds is 1. The Bertz CT molecular complexity index is 830. The average Bonchev–Trinajstić information content (AvgIpc) is 2.77. The summed E-state index contributed by atoms with van der Waals surface area (Å²) in [6.45, 7) is 3.93. The molecule has 0 saturated heterocycles. The number of amides is 1. The molecule has 1 aliphatic rings. The number of carbonyl (C=O) groups excluding carboxylic acids is 1. The van der Waals surface area contributed by atoms with Crippen LogP contribution < -0.4 is 16.0 Å². The van der Waals surface area contributed by atoms with E-state index in [2.05, 4.69) is 10.3 Å². The molecule has 1 aromatic heterocycles. The molecule has 2 heterocycles. The van der Waals surface area contributed by atoms with E-state index in [1.165, 1.54) is 0 Å². The van der Waals surface area contributed by atoms with E-state index in [1.807, 2.05) is 56.3 Å². The van der Waals surface area contributed by atoms with Crippen LogP contribution in [0.5, 0.6) is 0 Å². The van der Waals surface area contributed by atoms with Crippen LogP contribution >= 0.6 is 0 Å². The summed E-state index contributed by atoms with van der Waals surface area (Å²) in [6, 6.07) is 9.77. The molecule has 106 valence electrons. The predicted molar refractivity (Wildman–Crippen MR) is 83.8 cm³/mol. The Kier molecular flexibility index (Phi) is 3.44. The van der Waals surface area contributed by atoms with Crippen LogP contribution in [-0.2, 0) is 4.79 Å². The van der Waals surface area contributed by atoms with E-state index in [0.29, 0.717) is 17.2 Å². The fourth-order valence-electron chi connectivity index (χ4n) is 2.47. The molecule has 0 saturated carbocycles. The number of hydrogen-bond acceptors (Lipinski definition) is 3. The molecule has 0 aliphatic carbocycles. The molecular weight excluding hydrogens is 264 g/mol. The normalized spacial score (nSPS) is 16.3. The molecule has 3 rings (SSSR count). The highest BCUT2D eigenvalue weighted by Crippen LogP contribution is 2.18. The molecule has 4 heteroatoms. The van der Waals surface area contributed by atoms with Gasteiger partial charge in [-0.05, 0) is 19.9 Å². The Morgan fingerprint density at radius 2 is 1.95 bits per heavy atom. The summed E-state index contributed by atoms with van der Waals surface area (Å²) in [4.78, 5) is 16.3. The van der Waals surface area contributed by atoms with Gasteiger partial charge in [0.15, 0.2) is 5.76 Å². The summed E-state index contributed by atoms with van der Waals surface area (Å²) in [7, 11) is 0. The maximum Gasteiger partial charge on any atom is 0.246 e. The lowest BCUT2D eigenvalue weighted by Gasteiger charge is -2.03. The highest BCUT2D eigenvalue weighted by molar-refractivity contribution is 6.17. The van der Waals surface area contributed by atoms with E-state index >= 15 is 0 Å². The van der Waals surface area contributed by atoms with Crippen molar-refractivity contribution in [3.63, 3.8) is 0 Å². The predicted octanol–water partition coefficient (Wildman–Crippen LogP) is 1.67. The van der Waals surface area contributed by atoms with E-state index in [1.54, 1.807) is 0 Å². The number of anilines is 1. The minimum Gasteiger partial charge on any atom is -0.453 e. The van der Waals surface area contributed by atoms with Crippen LogP contribution in [0.1, 0.15) is 25.2 Å². The Morgan fingerprint density at radius 1 is 1.19 bits per heavy atom. The third-order valence-electron chi connectivity index (χ3n) is 3.43. The monoisotopic (exact) mass is 280 g/mol. The second-order valence-electron chi connectivity index (χ2n) is 4.74. The van der Waals surface area contributed by atoms with E-state index in [-0.39, 0.29) is 12.5 Å². The van der Waals surface area contributed by atoms with Crippen LogP contribution in [0.2, 0.25) is 0 Å². The quantitative estimate of drug-likeness (QED) is 0.864. The van der Waals surface area contributed by atoms with Crippen LogP contribution in [0.15, 0.2) is 39.7 Å². The lowest BCUT2D eigenvalue weighted by Crippen LogP contribution is -2.25. The van der Waals surface area contributed by atoms with Gasteiger partial charge in [0.1, 0.15) is 17.7 Å². The third-order valence-corrected chi connectivity index (χ3v) is 3.43. The molecule has 1 aliphatic heterocycles. The van der Waals surface area contributed by atoms with Gasteiger partial charge in [0.05, 0.1) is 5.69 Å². The largest absolute Gasteiger partial charge is 0.453 e. The minimum atomic E-state index is -0.131. The highest BCUT2D eigenvalue weighted by atomic mass is 16.3. The van der Waals surface area contributed by atoms with Crippen molar-refractivity contribution >= 4 is 29.5 Å². The Hall–Kier alpha value is -2.62. The molecule has 1 amide bonds. The van der Waals surface area contributed by atoms with Gasteiger partial charge in [0.2, 0.25) is 5.91 Å². The van der Waals surface area contributed by atoms with Crippen molar-refractivity contribution in [1.29, 1.82) is 0 Å². The number of benzene rings is 1. The molecule has 0 unspecified atom stereocenters. The lowest BCUT2D eigenvalue weighted by atomic mass is 10.1. The summed E-state index contributed by atoms with van der Waals surface area (Å²) >= 11 is 0. The van der Waals surface area contributed by atoms with Gasteiger partial charge in [-0.3, -0.25) is 9.79 Å². The van der Waals surface area contributed by atoms with Crippen molar-refractivity contribution in [2.75, 3.05) is 11.9 Å². The zero-order valence-electron chi connectivity index (χ0n) is 12.0. The molecule has 0 fully saturated rings. The maximum absolute atomic E-state index is 11.9. The van der Waals surface area contributed by atoms with E-state index in [0.717, 1.165) is 16.2 Å². The first-order chi connectivity index (χ1) is 10.2. The Morgan fingerprint density at radius 3 is 2.62 bits per heavy atom. The molecule has 4 nitrogen and oxygen atoms in total.